The lowest BCUT2D eigenvalue weighted by Gasteiger charge is -2.24. The summed E-state index contributed by atoms with van der Waals surface area (Å²) in [5, 5.41) is 0. The number of hydrogen-bond acceptors (Lipinski definition) is 1. The highest BCUT2D eigenvalue weighted by molar-refractivity contribution is 5.00. The molecule has 0 aromatic carbocycles. The third-order valence-corrected chi connectivity index (χ3v) is 1.54. The maximum atomic E-state index is 5.41. The minimum absolute atomic E-state index is 0.271. The molecule has 0 aromatic rings. The summed E-state index contributed by atoms with van der Waals surface area (Å²) >= 11 is 0. The molecular weight excluding hydrogens is 112 g/mol. The molecule has 1 atom stereocenters. The summed E-state index contributed by atoms with van der Waals surface area (Å²) in [6.07, 6.45) is 4.55. The van der Waals surface area contributed by atoms with Crippen molar-refractivity contribution in [3.8, 4) is 0 Å². The standard InChI is InChI=1S/C8H14O/c1-8(2,3)7-5-4-6-9-7/h4-5,7H,6H2,1-3H3. The van der Waals surface area contributed by atoms with Gasteiger partial charge < -0.3 is 4.74 Å². The van der Waals surface area contributed by atoms with E-state index in [1.54, 1.807) is 0 Å². The normalized spacial score (nSPS) is 27.2. The van der Waals surface area contributed by atoms with Crippen LogP contribution in [0.15, 0.2) is 12.2 Å². The minimum atomic E-state index is 0.271. The highest BCUT2D eigenvalue weighted by Gasteiger charge is 2.24. The molecule has 1 aliphatic rings. The lowest BCUT2D eigenvalue weighted by atomic mass is 9.89. The first-order chi connectivity index (χ1) is 4.11. The fourth-order valence-electron chi connectivity index (χ4n) is 0.933. The van der Waals surface area contributed by atoms with Crippen LogP contribution in [-0.4, -0.2) is 12.7 Å². The van der Waals surface area contributed by atoms with Crippen molar-refractivity contribution < 1.29 is 4.74 Å². The summed E-state index contributed by atoms with van der Waals surface area (Å²) in [5.41, 5.74) is 0.271. The highest BCUT2D eigenvalue weighted by atomic mass is 16.5. The summed E-state index contributed by atoms with van der Waals surface area (Å²) in [6.45, 7) is 7.36. The van der Waals surface area contributed by atoms with Crippen LogP contribution in [0.1, 0.15) is 20.8 Å². The molecule has 1 heteroatoms. The Labute approximate surface area is 56.7 Å². The van der Waals surface area contributed by atoms with Crippen molar-refractivity contribution in [2.24, 2.45) is 5.41 Å². The Kier molecular flexibility index (Phi) is 1.62. The number of rotatable bonds is 0. The van der Waals surface area contributed by atoms with Gasteiger partial charge in [0.25, 0.3) is 0 Å². The van der Waals surface area contributed by atoms with E-state index in [1.807, 2.05) is 0 Å². The molecule has 0 N–H and O–H groups in total. The quantitative estimate of drug-likeness (QED) is 0.451. The van der Waals surface area contributed by atoms with Gasteiger partial charge in [-0.1, -0.05) is 32.9 Å². The van der Waals surface area contributed by atoms with Crippen LogP contribution in [0.4, 0.5) is 0 Å². The zero-order valence-corrected chi connectivity index (χ0v) is 6.35. The Bertz CT molecular complexity index is 119. The third kappa shape index (κ3) is 1.55. The molecule has 0 radical (unpaired) electrons. The van der Waals surface area contributed by atoms with Crippen LogP contribution in [0.3, 0.4) is 0 Å². The molecule has 1 aliphatic heterocycles. The Morgan fingerprint density at radius 1 is 1.44 bits per heavy atom. The molecule has 0 fully saturated rings. The van der Waals surface area contributed by atoms with Crippen molar-refractivity contribution in [3.63, 3.8) is 0 Å². The van der Waals surface area contributed by atoms with E-state index in [2.05, 4.69) is 32.9 Å². The largest absolute Gasteiger partial charge is 0.370 e. The molecule has 52 valence electrons. The van der Waals surface area contributed by atoms with E-state index < -0.39 is 0 Å². The summed E-state index contributed by atoms with van der Waals surface area (Å²) < 4.78 is 5.41. The predicted octanol–water partition coefficient (Wildman–Crippen LogP) is 1.99. The molecule has 0 aromatic heterocycles. The van der Waals surface area contributed by atoms with Crippen LogP contribution in [0.5, 0.6) is 0 Å². The van der Waals surface area contributed by atoms with Gasteiger partial charge in [-0.2, -0.15) is 0 Å². The Morgan fingerprint density at radius 2 is 2.11 bits per heavy atom. The van der Waals surface area contributed by atoms with Gasteiger partial charge in [0.2, 0.25) is 0 Å². The molecule has 0 saturated carbocycles. The van der Waals surface area contributed by atoms with Crippen molar-refractivity contribution >= 4 is 0 Å². The molecule has 0 spiro atoms. The number of hydrogen-bond donors (Lipinski definition) is 0. The smallest absolute Gasteiger partial charge is 0.0809 e. The zero-order valence-electron chi connectivity index (χ0n) is 6.35. The van der Waals surface area contributed by atoms with Crippen LogP contribution in [-0.2, 0) is 4.74 Å². The molecule has 1 heterocycles. The van der Waals surface area contributed by atoms with E-state index in [-0.39, 0.29) is 5.41 Å². The second kappa shape index (κ2) is 2.14. The lowest BCUT2D eigenvalue weighted by Crippen LogP contribution is -2.24. The minimum Gasteiger partial charge on any atom is -0.370 e. The van der Waals surface area contributed by atoms with E-state index in [9.17, 15) is 0 Å². The maximum Gasteiger partial charge on any atom is 0.0809 e. The van der Waals surface area contributed by atoms with E-state index in [0.29, 0.717) is 6.10 Å². The Hall–Kier alpha value is -0.300. The Balaban J connectivity index is 2.53. The fraction of sp³-hybridized carbons (Fsp3) is 0.750. The van der Waals surface area contributed by atoms with Crippen LogP contribution in [0.25, 0.3) is 0 Å². The third-order valence-electron chi connectivity index (χ3n) is 1.54. The van der Waals surface area contributed by atoms with Gasteiger partial charge in [0.15, 0.2) is 0 Å². The first-order valence-electron chi connectivity index (χ1n) is 3.39. The van der Waals surface area contributed by atoms with Gasteiger partial charge in [-0.25, -0.2) is 0 Å². The molecule has 9 heavy (non-hydrogen) atoms. The fourth-order valence-corrected chi connectivity index (χ4v) is 0.933. The van der Waals surface area contributed by atoms with Crippen LogP contribution in [0, 0.1) is 5.41 Å². The average molecular weight is 126 g/mol. The van der Waals surface area contributed by atoms with Crippen molar-refractivity contribution in [2.75, 3.05) is 6.61 Å². The predicted molar refractivity (Wildman–Crippen MR) is 38.3 cm³/mol. The van der Waals surface area contributed by atoms with Crippen molar-refractivity contribution in [3.05, 3.63) is 12.2 Å². The van der Waals surface area contributed by atoms with Gasteiger partial charge in [0, 0.05) is 0 Å². The van der Waals surface area contributed by atoms with Crippen molar-refractivity contribution in [1.29, 1.82) is 0 Å². The first-order valence-corrected chi connectivity index (χ1v) is 3.39. The van der Waals surface area contributed by atoms with Gasteiger partial charge in [-0.05, 0) is 5.41 Å². The molecule has 1 nitrogen and oxygen atoms in total. The van der Waals surface area contributed by atoms with Crippen LogP contribution < -0.4 is 0 Å². The summed E-state index contributed by atoms with van der Waals surface area (Å²) in [5.74, 6) is 0. The lowest BCUT2D eigenvalue weighted by molar-refractivity contribution is 0.0471. The van der Waals surface area contributed by atoms with Gasteiger partial charge >= 0.3 is 0 Å². The molecule has 1 rings (SSSR count). The van der Waals surface area contributed by atoms with Gasteiger partial charge in [0.1, 0.15) is 0 Å². The first kappa shape index (κ1) is 6.81. The van der Waals surface area contributed by atoms with E-state index in [1.165, 1.54) is 0 Å². The zero-order chi connectivity index (χ0) is 6.91. The SMILES string of the molecule is CC(C)(C)C1C=CCO1. The maximum absolute atomic E-state index is 5.41. The number of ether oxygens (including phenoxy) is 1. The van der Waals surface area contributed by atoms with Gasteiger partial charge in [-0.15, -0.1) is 0 Å². The topological polar surface area (TPSA) is 9.23 Å². The second-order valence-electron chi connectivity index (χ2n) is 3.55. The molecule has 0 aliphatic carbocycles. The molecular formula is C8H14O. The van der Waals surface area contributed by atoms with Crippen LogP contribution >= 0.6 is 0 Å². The van der Waals surface area contributed by atoms with Gasteiger partial charge in [0.05, 0.1) is 12.7 Å². The van der Waals surface area contributed by atoms with Crippen molar-refractivity contribution in [1.82, 2.24) is 0 Å². The Morgan fingerprint density at radius 3 is 2.33 bits per heavy atom. The average Bonchev–Trinajstić information content (AvgIpc) is 2.08. The summed E-state index contributed by atoms with van der Waals surface area (Å²) in [4.78, 5) is 0. The van der Waals surface area contributed by atoms with E-state index in [4.69, 9.17) is 4.74 Å². The van der Waals surface area contributed by atoms with Gasteiger partial charge in [-0.3, -0.25) is 0 Å². The summed E-state index contributed by atoms with van der Waals surface area (Å²) in [7, 11) is 0. The van der Waals surface area contributed by atoms with E-state index in [0.717, 1.165) is 6.61 Å². The highest BCUT2D eigenvalue weighted by Crippen LogP contribution is 2.25. The summed E-state index contributed by atoms with van der Waals surface area (Å²) in [6, 6.07) is 0. The van der Waals surface area contributed by atoms with Crippen molar-refractivity contribution in [2.45, 2.75) is 26.9 Å². The molecule has 0 saturated heterocycles. The second-order valence-corrected chi connectivity index (χ2v) is 3.55. The van der Waals surface area contributed by atoms with Crippen LogP contribution in [0.2, 0.25) is 0 Å². The van der Waals surface area contributed by atoms with E-state index >= 15 is 0 Å². The molecule has 0 bridgehead atoms. The molecule has 1 unspecified atom stereocenters. The molecule has 0 amide bonds. The monoisotopic (exact) mass is 126 g/mol.